The van der Waals surface area contributed by atoms with Crippen LogP contribution in [-0.2, 0) is 0 Å². The van der Waals surface area contributed by atoms with Gasteiger partial charge in [-0.2, -0.15) is 0 Å². The van der Waals surface area contributed by atoms with Crippen molar-refractivity contribution in [2.45, 2.75) is 0 Å². The summed E-state index contributed by atoms with van der Waals surface area (Å²) in [7, 11) is 0. The maximum atomic E-state index is 12.0. The van der Waals surface area contributed by atoms with Gasteiger partial charge in [0.1, 0.15) is 5.75 Å². The molecule has 0 amide bonds. The van der Waals surface area contributed by atoms with E-state index in [0.29, 0.717) is 5.69 Å². The Morgan fingerprint density at radius 2 is 1.76 bits per heavy atom. The maximum absolute atomic E-state index is 12.0. The Kier molecular flexibility index (Phi) is 2.64. The van der Waals surface area contributed by atoms with Gasteiger partial charge < -0.3 is 9.30 Å². The van der Waals surface area contributed by atoms with Gasteiger partial charge in [-0.15, -0.1) is 0 Å². The van der Waals surface area contributed by atoms with Gasteiger partial charge in [0.25, 0.3) is 0 Å². The molecule has 1 aromatic heterocycles. The average molecular weight is 275 g/mol. The Morgan fingerprint density at radius 1 is 0.905 bits per heavy atom. The fourth-order valence-corrected chi connectivity index (χ4v) is 2.67. The van der Waals surface area contributed by atoms with E-state index in [0.717, 1.165) is 22.6 Å². The minimum Gasteiger partial charge on any atom is -0.483 e. The molecule has 3 heteroatoms. The van der Waals surface area contributed by atoms with E-state index in [4.69, 9.17) is 4.74 Å². The van der Waals surface area contributed by atoms with Gasteiger partial charge in [-0.25, -0.2) is 0 Å². The van der Waals surface area contributed by atoms with Crippen LogP contribution in [0.25, 0.3) is 16.8 Å². The molecule has 4 rings (SSSR count). The van der Waals surface area contributed by atoms with Crippen LogP contribution >= 0.6 is 0 Å². The predicted molar refractivity (Wildman–Crippen MR) is 81.0 cm³/mol. The molecule has 1 aliphatic rings. The van der Waals surface area contributed by atoms with Crippen LogP contribution in [0.2, 0.25) is 0 Å². The summed E-state index contributed by atoms with van der Waals surface area (Å²) in [6, 6.07) is 19.9. The molecule has 0 bridgehead atoms. The van der Waals surface area contributed by atoms with Crippen LogP contribution in [0, 0.1) is 0 Å². The molecule has 21 heavy (non-hydrogen) atoms. The largest absolute Gasteiger partial charge is 0.483 e. The number of carbonyl (C=O) groups excluding carboxylic acids is 1. The number of nitrogens with zero attached hydrogens (tertiary/aromatic N) is 1. The third-order valence-electron chi connectivity index (χ3n) is 3.72. The van der Waals surface area contributed by atoms with Gasteiger partial charge in [0.05, 0.1) is 11.4 Å². The van der Waals surface area contributed by atoms with E-state index >= 15 is 0 Å². The number of rotatable bonds is 1. The number of ketones is 1. The predicted octanol–water partition coefficient (Wildman–Crippen LogP) is 3.72. The first-order valence-corrected chi connectivity index (χ1v) is 6.86. The SMILES string of the molecule is O=C1COc2ccc(-c3ccccc3)cc2-n2cccc21. The summed E-state index contributed by atoms with van der Waals surface area (Å²) < 4.78 is 7.52. The normalized spacial score (nSPS) is 13.0. The van der Waals surface area contributed by atoms with Crippen LogP contribution in [0.5, 0.6) is 5.75 Å². The van der Waals surface area contributed by atoms with E-state index < -0.39 is 0 Å². The van der Waals surface area contributed by atoms with Crippen molar-refractivity contribution in [2.75, 3.05) is 6.61 Å². The minimum absolute atomic E-state index is 0.00235. The lowest BCUT2D eigenvalue weighted by atomic mass is 10.0. The molecule has 2 aromatic carbocycles. The van der Waals surface area contributed by atoms with E-state index in [9.17, 15) is 4.79 Å². The molecular formula is C18H13NO2. The molecule has 0 saturated heterocycles. The highest BCUT2D eigenvalue weighted by Gasteiger charge is 2.20. The van der Waals surface area contributed by atoms with Gasteiger partial charge in [0.15, 0.2) is 6.61 Å². The van der Waals surface area contributed by atoms with Crippen molar-refractivity contribution in [2.24, 2.45) is 0 Å². The van der Waals surface area contributed by atoms with Crippen LogP contribution in [0.1, 0.15) is 10.5 Å². The highest BCUT2D eigenvalue weighted by molar-refractivity contribution is 5.97. The molecule has 2 heterocycles. The van der Waals surface area contributed by atoms with Gasteiger partial charge in [-0.05, 0) is 35.4 Å². The summed E-state index contributed by atoms with van der Waals surface area (Å²) >= 11 is 0. The quantitative estimate of drug-likeness (QED) is 0.677. The summed E-state index contributed by atoms with van der Waals surface area (Å²) in [5, 5.41) is 0. The standard InChI is InChI=1S/C18H13NO2/c20-17-12-21-18-9-8-14(13-5-2-1-3-6-13)11-16(18)19-10-4-7-15(17)19/h1-11H,12H2. The Hall–Kier alpha value is -2.81. The summed E-state index contributed by atoms with van der Waals surface area (Å²) in [5.41, 5.74) is 3.82. The fraction of sp³-hybridized carbons (Fsp3) is 0.0556. The Labute approximate surface area is 122 Å². The molecule has 3 nitrogen and oxygen atoms in total. The summed E-state index contributed by atoms with van der Waals surface area (Å²) in [6.45, 7) is 0.0850. The number of benzene rings is 2. The topological polar surface area (TPSA) is 31.2 Å². The molecule has 0 saturated carbocycles. The second kappa shape index (κ2) is 4.63. The summed E-state index contributed by atoms with van der Waals surface area (Å²) in [6.07, 6.45) is 1.90. The number of hydrogen-bond donors (Lipinski definition) is 0. The molecular weight excluding hydrogens is 262 g/mol. The molecule has 102 valence electrons. The molecule has 0 atom stereocenters. The molecule has 0 radical (unpaired) electrons. The van der Waals surface area contributed by atoms with Gasteiger partial charge >= 0.3 is 0 Å². The summed E-state index contributed by atoms with van der Waals surface area (Å²) in [5.74, 6) is 0.732. The van der Waals surface area contributed by atoms with Gasteiger partial charge in [0.2, 0.25) is 5.78 Å². The lowest BCUT2D eigenvalue weighted by Crippen LogP contribution is -2.10. The number of fused-ring (bicyclic) bond motifs is 3. The molecule has 0 fully saturated rings. The Morgan fingerprint density at radius 3 is 2.62 bits per heavy atom. The van der Waals surface area contributed by atoms with Crippen LogP contribution < -0.4 is 4.74 Å². The van der Waals surface area contributed by atoms with Crippen LogP contribution in [0.3, 0.4) is 0 Å². The molecule has 0 unspecified atom stereocenters. The second-order valence-electron chi connectivity index (χ2n) is 5.02. The first-order chi connectivity index (χ1) is 10.3. The van der Waals surface area contributed by atoms with Crippen molar-refractivity contribution in [3.63, 3.8) is 0 Å². The zero-order valence-corrected chi connectivity index (χ0v) is 11.3. The lowest BCUT2D eigenvalue weighted by Gasteiger charge is -2.11. The van der Waals surface area contributed by atoms with Crippen molar-refractivity contribution in [3.05, 3.63) is 72.6 Å². The number of ether oxygens (including phenoxy) is 1. The lowest BCUT2D eigenvalue weighted by molar-refractivity contribution is 0.0921. The van der Waals surface area contributed by atoms with Crippen molar-refractivity contribution >= 4 is 5.78 Å². The molecule has 0 spiro atoms. The third kappa shape index (κ3) is 1.94. The zero-order valence-electron chi connectivity index (χ0n) is 11.3. The minimum atomic E-state index is -0.00235. The highest BCUT2D eigenvalue weighted by Crippen LogP contribution is 2.32. The third-order valence-corrected chi connectivity index (χ3v) is 3.72. The van der Waals surface area contributed by atoms with Crippen molar-refractivity contribution in [1.29, 1.82) is 0 Å². The fourth-order valence-electron chi connectivity index (χ4n) is 2.67. The molecule has 0 N–H and O–H groups in total. The number of Topliss-reactive ketones (excluding diaryl/α,β-unsaturated/α-hetero) is 1. The smallest absolute Gasteiger partial charge is 0.216 e. The van der Waals surface area contributed by atoms with E-state index in [2.05, 4.69) is 18.2 Å². The molecule has 1 aliphatic heterocycles. The van der Waals surface area contributed by atoms with E-state index in [-0.39, 0.29) is 12.4 Å². The number of aromatic nitrogens is 1. The Balaban J connectivity index is 1.92. The van der Waals surface area contributed by atoms with Crippen molar-refractivity contribution in [3.8, 4) is 22.6 Å². The van der Waals surface area contributed by atoms with Crippen LogP contribution in [-0.4, -0.2) is 17.0 Å². The zero-order chi connectivity index (χ0) is 14.2. The second-order valence-corrected chi connectivity index (χ2v) is 5.02. The van der Waals surface area contributed by atoms with E-state index in [1.54, 1.807) is 0 Å². The van der Waals surface area contributed by atoms with Crippen LogP contribution in [0.15, 0.2) is 66.9 Å². The first-order valence-electron chi connectivity index (χ1n) is 6.86. The average Bonchev–Trinajstić information content (AvgIpc) is 2.98. The summed E-state index contributed by atoms with van der Waals surface area (Å²) in [4.78, 5) is 12.0. The van der Waals surface area contributed by atoms with E-state index in [1.807, 2.05) is 53.2 Å². The van der Waals surface area contributed by atoms with Crippen LogP contribution in [0.4, 0.5) is 0 Å². The van der Waals surface area contributed by atoms with E-state index in [1.165, 1.54) is 0 Å². The molecule has 3 aromatic rings. The monoisotopic (exact) mass is 275 g/mol. The van der Waals surface area contributed by atoms with Gasteiger partial charge in [-0.1, -0.05) is 36.4 Å². The number of carbonyl (C=O) groups is 1. The van der Waals surface area contributed by atoms with Crippen molar-refractivity contribution in [1.82, 2.24) is 4.57 Å². The number of hydrogen-bond acceptors (Lipinski definition) is 2. The maximum Gasteiger partial charge on any atom is 0.216 e. The highest BCUT2D eigenvalue weighted by atomic mass is 16.5. The van der Waals surface area contributed by atoms with Crippen molar-refractivity contribution < 1.29 is 9.53 Å². The first kappa shape index (κ1) is 12.0. The van der Waals surface area contributed by atoms with Gasteiger partial charge in [0, 0.05) is 6.20 Å². The Bertz CT molecular complexity index is 818. The van der Waals surface area contributed by atoms with Gasteiger partial charge in [-0.3, -0.25) is 4.79 Å². The molecule has 0 aliphatic carbocycles.